The summed E-state index contributed by atoms with van der Waals surface area (Å²) in [5, 5.41) is 20.4. The molecule has 0 fully saturated rings. The first kappa shape index (κ1) is 15.8. The van der Waals surface area contributed by atoms with Crippen LogP contribution < -0.4 is 0 Å². The molecule has 7 heteroatoms. The summed E-state index contributed by atoms with van der Waals surface area (Å²) in [5.41, 5.74) is 3.53. The molecule has 3 aromatic rings. The number of carbonyl (C=O) groups is 1. The van der Waals surface area contributed by atoms with E-state index in [1.165, 1.54) is 11.9 Å². The lowest BCUT2D eigenvalue weighted by molar-refractivity contribution is 0.0702. The van der Waals surface area contributed by atoms with E-state index >= 15 is 0 Å². The molecule has 1 unspecified atom stereocenters. The van der Waals surface area contributed by atoms with Gasteiger partial charge >= 0.3 is 5.97 Å². The third-order valence-corrected chi connectivity index (χ3v) is 5.58. The van der Waals surface area contributed by atoms with Crippen LogP contribution in [0.3, 0.4) is 0 Å². The lowest BCUT2D eigenvalue weighted by Crippen LogP contribution is -2.32. The van der Waals surface area contributed by atoms with Gasteiger partial charge in [0.2, 0.25) is 0 Å². The van der Waals surface area contributed by atoms with E-state index in [0.29, 0.717) is 16.6 Å². The van der Waals surface area contributed by atoms with Crippen molar-refractivity contribution in [1.82, 2.24) is 14.5 Å². The minimum atomic E-state index is -0.985. The molecule has 0 radical (unpaired) electrons. The summed E-state index contributed by atoms with van der Waals surface area (Å²) in [6.45, 7) is 3.95. The molecule has 2 aromatic heterocycles. The number of likely N-dealkylation sites (N-methyl/N-ethyl adjacent to an activating group) is 1. The molecule has 0 saturated heterocycles. The Morgan fingerprint density at radius 1 is 1.44 bits per heavy atom. The zero-order valence-electron chi connectivity index (χ0n) is 13.9. The molecular weight excluding hydrogens is 336 g/mol. The zero-order valence-corrected chi connectivity index (χ0v) is 14.7. The molecule has 0 spiro atoms. The van der Waals surface area contributed by atoms with E-state index in [-0.39, 0.29) is 4.88 Å². The largest absolute Gasteiger partial charge is 0.477 e. The molecule has 4 rings (SSSR count). The van der Waals surface area contributed by atoms with Crippen LogP contribution >= 0.6 is 11.3 Å². The van der Waals surface area contributed by atoms with E-state index in [9.17, 15) is 10.1 Å². The molecule has 3 heterocycles. The van der Waals surface area contributed by atoms with Gasteiger partial charge in [-0.1, -0.05) is 0 Å². The van der Waals surface area contributed by atoms with Crippen LogP contribution in [0.4, 0.5) is 0 Å². The van der Waals surface area contributed by atoms with Gasteiger partial charge in [0.25, 0.3) is 0 Å². The quantitative estimate of drug-likeness (QED) is 0.765. The highest BCUT2D eigenvalue weighted by Crippen LogP contribution is 2.35. The number of rotatable bonds is 2. The lowest BCUT2D eigenvalue weighted by atomic mass is 10.1. The molecule has 25 heavy (non-hydrogen) atoms. The number of aromatic nitrogens is 2. The minimum absolute atomic E-state index is 0.194. The number of nitriles is 1. The average Bonchev–Trinajstić information content (AvgIpc) is 3.17. The Balaban J connectivity index is 1.92. The monoisotopic (exact) mass is 352 g/mol. The third-order valence-electron chi connectivity index (χ3n) is 4.54. The van der Waals surface area contributed by atoms with Gasteiger partial charge in [0.15, 0.2) is 0 Å². The van der Waals surface area contributed by atoms with Crippen molar-refractivity contribution in [1.29, 1.82) is 5.26 Å². The van der Waals surface area contributed by atoms with Crippen LogP contribution in [0.15, 0.2) is 24.4 Å². The van der Waals surface area contributed by atoms with Crippen molar-refractivity contribution in [2.45, 2.75) is 19.5 Å². The SMILES string of the molecule is CC1CN(C)Cc2cc3cc(-c4ncc(C(=O)O)s4)cc(C#N)c3n21. The second-order valence-electron chi connectivity index (χ2n) is 6.46. The van der Waals surface area contributed by atoms with Crippen molar-refractivity contribution in [3.63, 3.8) is 0 Å². The van der Waals surface area contributed by atoms with Crippen LogP contribution in [-0.4, -0.2) is 39.1 Å². The Bertz CT molecular complexity index is 1040. The predicted molar refractivity (Wildman–Crippen MR) is 95.8 cm³/mol. The van der Waals surface area contributed by atoms with Crippen LogP contribution in [-0.2, 0) is 6.54 Å². The van der Waals surface area contributed by atoms with E-state index < -0.39 is 5.97 Å². The van der Waals surface area contributed by atoms with Crippen LogP contribution in [0.1, 0.15) is 33.9 Å². The average molecular weight is 352 g/mol. The maximum absolute atomic E-state index is 11.1. The van der Waals surface area contributed by atoms with Gasteiger partial charge in [0.05, 0.1) is 17.3 Å². The Kier molecular flexibility index (Phi) is 3.60. The maximum atomic E-state index is 11.1. The van der Waals surface area contributed by atoms with Gasteiger partial charge in [-0.05, 0) is 32.2 Å². The van der Waals surface area contributed by atoms with Crippen LogP contribution in [0.25, 0.3) is 21.5 Å². The fourth-order valence-electron chi connectivity index (χ4n) is 3.64. The molecule has 6 nitrogen and oxygen atoms in total. The molecule has 0 saturated carbocycles. The highest BCUT2D eigenvalue weighted by molar-refractivity contribution is 7.16. The number of benzene rings is 1. The number of carboxylic acid groups (broad SMARTS) is 1. The molecule has 1 aromatic carbocycles. The van der Waals surface area contributed by atoms with Crippen LogP contribution in [0.2, 0.25) is 0 Å². The zero-order chi connectivity index (χ0) is 17.7. The van der Waals surface area contributed by atoms with Crippen molar-refractivity contribution in [2.75, 3.05) is 13.6 Å². The highest BCUT2D eigenvalue weighted by atomic mass is 32.1. The topological polar surface area (TPSA) is 82.2 Å². The molecule has 1 aliphatic rings. The minimum Gasteiger partial charge on any atom is -0.477 e. The lowest BCUT2D eigenvalue weighted by Gasteiger charge is -2.31. The normalized spacial score (nSPS) is 17.4. The number of thiazole rings is 1. The summed E-state index contributed by atoms with van der Waals surface area (Å²) >= 11 is 1.12. The molecule has 1 atom stereocenters. The number of aromatic carboxylic acids is 1. The third kappa shape index (κ3) is 2.51. The molecule has 126 valence electrons. The predicted octanol–water partition coefficient (Wildman–Crippen LogP) is 3.34. The first-order valence-corrected chi connectivity index (χ1v) is 8.75. The van der Waals surface area contributed by atoms with Crippen LogP contribution in [0.5, 0.6) is 0 Å². The maximum Gasteiger partial charge on any atom is 0.347 e. The number of fused-ring (bicyclic) bond motifs is 3. The first-order valence-electron chi connectivity index (χ1n) is 7.94. The van der Waals surface area contributed by atoms with Crippen LogP contribution in [0, 0.1) is 11.3 Å². The van der Waals surface area contributed by atoms with Gasteiger partial charge in [0.1, 0.15) is 16.0 Å². The van der Waals surface area contributed by atoms with Crippen molar-refractivity contribution in [3.05, 3.63) is 40.5 Å². The van der Waals surface area contributed by atoms with Gasteiger partial charge in [-0.3, -0.25) is 4.90 Å². The van der Waals surface area contributed by atoms with E-state index in [1.807, 2.05) is 12.1 Å². The van der Waals surface area contributed by atoms with E-state index in [0.717, 1.165) is 40.9 Å². The summed E-state index contributed by atoms with van der Waals surface area (Å²) in [6, 6.07) is 8.53. The van der Waals surface area contributed by atoms with Gasteiger partial charge < -0.3 is 9.67 Å². The molecule has 0 aliphatic carbocycles. The first-order chi connectivity index (χ1) is 12.0. The fraction of sp³-hybridized carbons (Fsp3) is 0.278. The van der Waals surface area contributed by atoms with Crippen molar-refractivity contribution in [3.8, 4) is 16.6 Å². The van der Waals surface area contributed by atoms with E-state index in [4.69, 9.17) is 5.11 Å². The van der Waals surface area contributed by atoms with Gasteiger partial charge in [-0.15, -0.1) is 11.3 Å². The van der Waals surface area contributed by atoms with Gasteiger partial charge in [0, 0.05) is 35.8 Å². The number of carboxylic acids is 1. The van der Waals surface area contributed by atoms with Crippen molar-refractivity contribution in [2.24, 2.45) is 0 Å². The summed E-state index contributed by atoms with van der Waals surface area (Å²) in [6.07, 6.45) is 1.36. The second kappa shape index (κ2) is 5.69. The van der Waals surface area contributed by atoms with Gasteiger partial charge in [-0.2, -0.15) is 5.26 Å². The second-order valence-corrected chi connectivity index (χ2v) is 7.49. The number of nitrogens with zero attached hydrogens (tertiary/aromatic N) is 4. The molecule has 0 amide bonds. The standard InChI is InChI=1S/C18H16N4O2S/c1-10-8-21(2)9-14-5-11-3-12(4-13(6-19)16(11)22(10)14)17-20-7-15(25-17)18(23)24/h3-5,7,10H,8-9H2,1-2H3,(H,23,24). The number of hydrogen-bond donors (Lipinski definition) is 1. The molecule has 1 N–H and O–H groups in total. The van der Waals surface area contributed by atoms with Gasteiger partial charge in [-0.25, -0.2) is 9.78 Å². The Labute approximate surface area is 148 Å². The Hall–Kier alpha value is -2.69. The number of hydrogen-bond acceptors (Lipinski definition) is 5. The molecule has 1 aliphatic heterocycles. The molecular formula is C18H16N4O2S. The van der Waals surface area contributed by atoms with E-state index in [2.05, 4.69) is 40.6 Å². The fourth-order valence-corrected chi connectivity index (χ4v) is 4.38. The summed E-state index contributed by atoms with van der Waals surface area (Å²) in [5.74, 6) is -0.985. The summed E-state index contributed by atoms with van der Waals surface area (Å²) in [7, 11) is 2.09. The Morgan fingerprint density at radius 3 is 2.92 bits per heavy atom. The van der Waals surface area contributed by atoms with Crippen molar-refractivity contribution < 1.29 is 9.90 Å². The molecule has 0 bridgehead atoms. The summed E-state index contributed by atoms with van der Waals surface area (Å²) in [4.78, 5) is 17.8. The summed E-state index contributed by atoms with van der Waals surface area (Å²) < 4.78 is 2.25. The van der Waals surface area contributed by atoms with Crippen molar-refractivity contribution >= 4 is 28.2 Å². The van der Waals surface area contributed by atoms with E-state index in [1.54, 1.807) is 0 Å². The Morgan fingerprint density at radius 2 is 2.24 bits per heavy atom. The smallest absolute Gasteiger partial charge is 0.347 e. The highest BCUT2D eigenvalue weighted by Gasteiger charge is 2.24.